The fourth-order valence-corrected chi connectivity index (χ4v) is 1.45. The van der Waals surface area contributed by atoms with Gasteiger partial charge in [-0.15, -0.1) is 0 Å². The Morgan fingerprint density at radius 3 is 2.71 bits per heavy atom. The number of rotatable bonds is 2. The molecule has 0 aromatic carbocycles. The zero-order valence-corrected chi connectivity index (χ0v) is 9.09. The first-order chi connectivity index (χ1) is 7.97. The topological polar surface area (TPSA) is 59.4 Å². The lowest BCUT2D eigenvalue weighted by atomic mass is 10.4. The minimum atomic E-state index is -4.38. The fraction of sp³-hybridized carbons (Fsp3) is 0.250. The maximum Gasteiger partial charge on any atom is 0.406 e. The van der Waals surface area contributed by atoms with Gasteiger partial charge in [-0.25, -0.2) is 4.98 Å². The molecule has 90 valence electrons. The van der Waals surface area contributed by atoms with Gasteiger partial charge in [-0.3, -0.25) is 14.6 Å². The van der Waals surface area contributed by atoms with E-state index in [2.05, 4.69) is 20.2 Å². The van der Waals surface area contributed by atoms with Gasteiger partial charge in [0.05, 0.1) is 6.20 Å². The summed E-state index contributed by atoms with van der Waals surface area (Å²) in [6.45, 7) is -1.21. The molecule has 2 heterocycles. The van der Waals surface area contributed by atoms with Crippen LogP contribution in [-0.2, 0) is 6.54 Å². The van der Waals surface area contributed by atoms with Gasteiger partial charge in [0.25, 0.3) is 0 Å². The highest BCUT2D eigenvalue weighted by Gasteiger charge is 2.30. The van der Waals surface area contributed by atoms with Crippen molar-refractivity contribution in [3.8, 4) is 11.5 Å². The van der Waals surface area contributed by atoms with Gasteiger partial charge < -0.3 is 0 Å². The van der Waals surface area contributed by atoms with Gasteiger partial charge in [-0.05, 0) is 12.2 Å². The molecule has 0 saturated carbocycles. The van der Waals surface area contributed by atoms with E-state index in [9.17, 15) is 13.2 Å². The maximum atomic E-state index is 12.3. The van der Waals surface area contributed by atoms with Crippen LogP contribution in [0.5, 0.6) is 0 Å². The van der Waals surface area contributed by atoms with Crippen LogP contribution in [0.1, 0.15) is 0 Å². The van der Waals surface area contributed by atoms with E-state index in [1.54, 1.807) is 0 Å². The highest BCUT2D eigenvalue weighted by molar-refractivity contribution is 7.71. The van der Waals surface area contributed by atoms with Crippen molar-refractivity contribution in [1.29, 1.82) is 0 Å². The zero-order valence-electron chi connectivity index (χ0n) is 8.27. The number of aromatic amines is 1. The third kappa shape index (κ3) is 2.67. The SMILES string of the molecule is FC(F)(F)Cn1c(-c2cnccn2)n[nH]c1=S. The van der Waals surface area contributed by atoms with Crippen molar-refractivity contribution in [2.24, 2.45) is 0 Å². The molecular formula is C8H6F3N5S. The van der Waals surface area contributed by atoms with Gasteiger partial charge in [0.1, 0.15) is 12.2 Å². The van der Waals surface area contributed by atoms with Crippen LogP contribution in [-0.4, -0.2) is 30.9 Å². The van der Waals surface area contributed by atoms with Gasteiger partial charge in [-0.1, -0.05) is 0 Å². The summed E-state index contributed by atoms with van der Waals surface area (Å²) < 4.78 is 37.8. The molecule has 0 radical (unpaired) electrons. The molecule has 2 rings (SSSR count). The molecule has 1 N–H and O–H groups in total. The second kappa shape index (κ2) is 4.24. The zero-order chi connectivity index (χ0) is 12.5. The minimum Gasteiger partial charge on any atom is -0.290 e. The van der Waals surface area contributed by atoms with Gasteiger partial charge >= 0.3 is 6.18 Å². The van der Waals surface area contributed by atoms with Crippen LogP contribution in [0.4, 0.5) is 13.2 Å². The van der Waals surface area contributed by atoms with Gasteiger partial charge in [0.2, 0.25) is 0 Å². The van der Waals surface area contributed by atoms with Crippen molar-refractivity contribution >= 4 is 12.2 Å². The number of hydrogen-bond donors (Lipinski definition) is 1. The van der Waals surface area contributed by atoms with Crippen LogP contribution in [0.2, 0.25) is 0 Å². The van der Waals surface area contributed by atoms with E-state index in [0.717, 1.165) is 4.57 Å². The normalized spacial score (nSPS) is 11.7. The molecule has 2 aromatic rings. The molecule has 0 atom stereocenters. The predicted octanol–water partition coefficient (Wildman–Crippen LogP) is 1.96. The van der Waals surface area contributed by atoms with Crippen LogP contribution < -0.4 is 0 Å². The Morgan fingerprint density at radius 2 is 2.12 bits per heavy atom. The highest BCUT2D eigenvalue weighted by atomic mass is 32.1. The molecule has 17 heavy (non-hydrogen) atoms. The van der Waals surface area contributed by atoms with Crippen molar-refractivity contribution in [3.05, 3.63) is 23.4 Å². The average molecular weight is 261 g/mol. The Labute approximate surface area is 98.3 Å². The van der Waals surface area contributed by atoms with Gasteiger partial charge in [-0.2, -0.15) is 18.3 Å². The average Bonchev–Trinajstić information content (AvgIpc) is 2.60. The first-order valence-corrected chi connectivity index (χ1v) is 4.86. The largest absolute Gasteiger partial charge is 0.406 e. The first kappa shape index (κ1) is 11.7. The number of nitrogens with zero attached hydrogens (tertiary/aromatic N) is 4. The number of hydrogen-bond acceptors (Lipinski definition) is 4. The standard InChI is InChI=1S/C8H6F3N5S/c9-8(10,11)4-16-6(14-15-7(16)17)5-3-12-1-2-13-5/h1-3H,4H2,(H,15,17). The monoisotopic (exact) mass is 261 g/mol. The number of halogens is 3. The second-order valence-electron chi connectivity index (χ2n) is 3.14. The lowest BCUT2D eigenvalue weighted by Gasteiger charge is -2.08. The van der Waals surface area contributed by atoms with E-state index in [1.807, 2.05) is 0 Å². The molecule has 0 fully saturated rings. The Kier molecular flexibility index (Phi) is 2.92. The van der Waals surface area contributed by atoms with E-state index in [4.69, 9.17) is 12.2 Å². The fourth-order valence-electron chi connectivity index (χ4n) is 1.25. The molecular weight excluding hydrogens is 255 g/mol. The molecule has 0 saturated heterocycles. The first-order valence-electron chi connectivity index (χ1n) is 4.46. The second-order valence-corrected chi connectivity index (χ2v) is 3.53. The van der Waals surface area contributed by atoms with Gasteiger partial charge in [0, 0.05) is 12.4 Å². The quantitative estimate of drug-likeness (QED) is 0.839. The third-order valence-electron chi connectivity index (χ3n) is 1.89. The van der Waals surface area contributed by atoms with Gasteiger partial charge in [0.15, 0.2) is 10.6 Å². The summed E-state index contributed by atoms with van der Waals surface area (Å²) in [5, 5.41) is 6.02. The summed E-state index contributed by atoms with van der Waals surface area (Å²) in [4.78, 5) is 7.64. The van der Waals surface area contributed by atoms with Crippen LogP contribution in [0.15, 0.2) is 18.6 Å². The van der Waals surface area contributed by atoms with E-state index in [-0.39, 0.29) is 16.3 Å². The number of alkyl halides is 3. The van der Waals surface area contributed by atoms with Crippen LogP contribution in [0.25, 0.3) is 11.5 Å². The predicted molar refractivity (Wildman–Crippen MR) is 54.5 cm³/mol. The highest BCUT2D eigenvalue weighted by Crippen LogP contribution is 2.21. The maximum absolute atomic E-state index is 12.3. The molecule has 0 aliphatic rings. The number of nitrogens with one attached hydrogen (secondary N) is 1. The number of H-pyrrole nitrogens is 1. The van der Waals surface area contributed by atoms with Crippen LogP contribution in [0, 0.1) is 4.77 Å². The molecule has 5 nitrogen and oxygen atoms in total. The van der Waals surface area contributed by atoms with Crippen LogP contribution >= 0.6 is 12.2 Å². The number of aromatic nitrogens is 5. The molecule has 0 amide bonds. The summed E-state index contributed by atoms with van der Waals surface area (Å²) in [5.74, 6) is 0.0143. The Morgan fingerprint density at radius 1 is 1.35 bits per heavy atom. The minimum absolute atomic E-state index is 0.0143. The third-order valence-corrected chi connectivity index (χ3v) is 2.20. The molecule has 0 aliphatic carbocycles. The summed E-state index contributed by atoms with van der Waals surface area (Å²) in [6, 6.07) is 0. The molecule has 2 aromatic heterocycles. The lowest BCUT2D eigenvalue weighted by Crippen LogP contribution is -2.18. The lowest BCUT2D eigenvalue weighted by molar-refractivity contribution is -0.140. The van der Waals surface area contributed by atoms with Crippen molar-refractivity contribution in [2.75, 3.05) is 0 Å². The van der Waals surface area contributed by atoms with E-state index in [1.165, 1.54) is 18.6 Å². The Bertz CT molecular complexity index is 559. The molecule has 9 heteroatoms. The van der Waals surface area contributed by atoms with Crippen molar-refractivity contribution in [2.45, 2.75) is 12.7 Å². The van der Waals surface area contributed by atoms with E-state index >= 15 is 0 Å². The summed E-state index contributed by atoms with van der Waals surface area (Å²) in [7, 11) is 0. The Hall–Kier alpha value is -1.77. The molecule has 0 bridgehead atoms. The molecule has 0 unspecified atom stereocenters. The van der Waals surface area contributed by atoms with Crippen molar-refractivity contribution < 1.29 is 13.2 Å². The van der Waals surface area contributed by atoms with E-state index in [0.29, 0.717) is 0 Å². The smallest absolute Gasteiger partial charge is 0.290 e. The molecule has 0 aliphatic heterocycles. The summed E-state index contributed by atoms with van der Waals surface area (Å²) in [5.41, 5.74) is 0.226. The van der Waals surface area contributed by atoms with Crippen LogP contribution in [0.3, 0.4) is 0 Å². The van der Waals surface area contributed by atoms with Crippen molar-refractivity contribution in [1.82, 2.24) is 24.7 Å². The molecule has 0 spiro atoms. The summed E-state index contributed by atoms with van der Waals surface area (Å²) in [6.07, 6.45) is -0.277. The summed E-state index contributed by atoms with van der Waals surface area (Å²) >= 11 is 4.74. The Balaban J connectivity index is 2.47. The van der Waals surface area contributed by atoms with E-state index < -0.39 is 12.7 Å². The van der Waals surface area contributed by atoms with Crippen molar-refractivity contribution in [3.63, 3.8) is 0 Å².